The standard InChI is InChI=1S/C24H26N4O2/c1-17-15-20(18(2)28(17)23-7-3-19(4-8-23)24(25)29)16-26-21-5-9-22(10-6-21)27-11-13-30-14-12-27/h3-10,15-16H,11-14H2,1-2H3,(H2,25,29). The molecule has 1 aromatic heterocycles. The van der Waals surface area contributed by atoms with E-state index in [0.717, 1.165) is 54.6 Å². The highest BCUT2D eigenvalue weighted by Gasteiger charge is 2.12. The molecular weight excluding hydrogens is 376 g/mol. The SMILES string of the molecule is Cc1cc(C=Nc2ccc(N3CCOCC3)cc2)c(C)n1-c1ccc(C(N)=O)cc1. The van der Waals surface area contributed by atoms with Gasteiger partial charge in [0.25, 0.3) is 0 Å². The number of hydrogen-bond acceptors (Lipinski definition) is 4. The molecule has 1 fully saturated rings. The summed E-state index contributed by atoms with van der Waals surface area (Å²) in [5.41, 5.74) is 12.2. The van der Waals surface area contributed by atoms with Crippen molar-refractivity contribution in [2.45, 2.75) is 13.8 Å². The molecule has 2 N–H and O–H groups in total. The van der Waals surface area contributed by atoms with Gasteiger partial charge in [-0.1, -0.05) is 0 Å². The fourth-order valence-corrected chi connectivity index (χ4v) is 3.81. The minimum Gasteiger partial charge on any atom is -0.378 e. The van der Waals surface area contributed by atoms with E-state index in [0.29, 0.717) is 5.56 Å². The summed E-state index contributed by atoms with van der Waals surface area (Å²) < 4.78 is 7.56. The molecule has 1 aliphatic heterocycles. The first-order chi connectivity index (χ1) is 14.5. The van der Waals surface area contributed by atoms with Crippen molar-refractivity contribution in [3.63, 3.8) is 0 Å². The predicted molar refractivity (Wildman–Crippen MR) is 120 cm³/mol. The number of carbonyl (C=O) groups is 1. The zero-order valence-corrected chi connectivity index (χ0v) is 17.3. The van der Waals surface area contributed by atoms with Crippen molar-refractivity contribution in [3.8, 4) is 5.69 Å². The van der Waals surface area contributed by atoms with Crippen LogP contribution in [0.1, 0.15) is 27.3 Å². The number of aliphatic imine (C=N–C) groups is 1. The molecule has 6 heteroatoms. The molecule has 30 heavy (non-hydrogen) atoms. The van der Waals surface area contributed by atoms with Crippen LogP contribution in [0.5, 0.6) is 0 Å². The van der Waals surface area contributed by atoms with E-state index < -0.39 is 5.91 Å². The van der Waals surface area contributed by atoms with Gasteiger partial charge in [0.05, 0.1) is 18.9 Å². The summed E-state index contributed by atoms with van der Waals surface area (Å²) in [6.45, 7) is 7.53. The largest absolute Gasteiger partial charge is 0.378 e. The summed E-state index contributed by atoms with van der Waals surface area (Å²) in [5.74, 6) is -0.421. The molecular formula is C24H26N4O2. The van der Waals surface area contributed by atoms with Crippen LogP contribution in [0.15, 0.2) is 59.6 Å². The molecule has 1 saturated heterocycles. The fourth-order valence-electron chi connectivity index (χ4n) is 3.81. The van der Waals surface area contributed by atoms with Gasteiger partial charge < -0.3 is 19.9 Å². The Balaban J connectivity index is 1.53. The molecule has 0 unspecified atom stereocenters. The first-order valence-electron chi connectivity index (χ1n) is 10.1. The number of primary amides is 1. The minimum atomic E-state index is -0.421. The van der Waals surface area contributed by atoms with Crippen molar-refractivity contribution >= 4 is 23.5 Å². The number of amides is 1. The maximum atomic E-state index is 11.3. The third kappa shape index (κ3) is 4.14. The van der Waals surface area contributed by atoms with Crippen LogP contribution >= 0.6 is 0 Å². The van der Waals surface area contributed by atoms with Gasteiger partial charge in [-0.3, -0.25) is 9.79 Å². The Morgan fingerprint density at radius 3 is 2.27 bits per heavy atom. The summed E-state index contributed by atoms with van der Waals surface area (Å²) in [6, 6.07) is 17.7. The van der Waals surface area contributed by atoms with Crippen molar-refractivity contribution < 1.29 is 9.53 Å². The van der Waals surface area contributed by atoms with Crippen LogP contribution in [0.3, 0.4) is 0 Å². The lowest BCUT2D eigenvalue weighted by atomic mass is 10.2. The molecule has 0 aliphatic carbocycles. The quantitative estimate of drug-likeness (QED) is 0.660. The molecule has 0 atom stereocenters. The Morgan fingerprint density at radius 1 is 1.00 bits per heavy atom. The van der Waals surface area contributed by atoms with Crippen molar-refractivity contribution in [3.05, 3.63) is 77.1 Å². The number of ether oxygens (including phenoxy) is 1. The highest BCUT2D eigenvalue weighted by atomic mass is 16.5. The van der Waals surface area contributed by atoms with E-state index in [1.54, 1.807) is 12.1 Å². The molecule has 4 rings (SSSR count). The number of benzene rings is 2. The lowest BCUT2D eigenvalue weighted by Crippen LogP contribution is -2.36. The van der Waals surface area contributed by atoms with E-state index in [1.807, 2.05) is 30.5 Å². The second-order valence-electron chi connectivity index (χ2n) is 7.45. The normalized spacial score (nSPS) is 14.4. The number of nitrogens with zero attached hydrogens (tertiary/aromatic N) is 3. The van der Waals surface area contributed by atoms with Crippen LogP contribution in [0.2, 0.25) is 0 Å². The molecule has 2 aromatic carbocycles. The van der Waals surface area contributed by atoms with Gasteiger partial charge in [0.15, 0.2) is 0 Å². The van der Waals surface area contributed by atoms with Crippen LogP contribution in [-0.4, -0.2) is 43.0 Å². The van der Waals surface area contributed by atoms with E-state index >= 15 is 0 Å². The lowest BCUT2D eigenvalue weighted by Gasteiger charge is -2.28. The van der Waals surface area contributed by atoms with E-state index in [9.17, 15) is 4.79 Å². The average Bonchev–Trinajstić information content (AvgIpc) is 3.06. The number of aryl methyl sites for hydroxylation is 1. The van der Waals surface area contributed by atoms with Gasteiger partial charge in [-0.25, -0.2) is 0 Å². The number of nitrogens with two attached hydrogens (primary N) is 1. The Labute approximate surface area is 176 Å². The molecule has 154 valence electrons. The topological polar surface area (TPSA) is 72.8 Å². The molecule has 2 heterocycles. The molecule has 0 spiro atoms. The van der Waals surface area contributed by atoms with Crippen LogP contribution in [0.4, 0.5) is 11.4 Å². The first kappa shape index (κ1) is 19.9. The fraction of sp³-hybridized carbons (Fsp3) is 0.250. The summed E-state index contributed by atoms with van der Waals surface area (Å²) in [7, 11) is 0. The summed E-state index contributed by atoms with van der Waals surface area (Å²) in [4.78, 5) is 18.3. The molecule has 3 aromatic rings. The highest BCUT2D eigenvalue weighted by Crippen LogP contribution is 2.23. The Hall–Kier alpha value is -3.38. The van der Waals surface area contributed by atoms with Gasteiger partial charge in [-0.15, -0.1) is 0 Å². The molecule has 0 saturated carbocycles. The Morgan fingerprint density at radius 2 is 1.63 bits per heavy atom. The van der Waals surface area contributed by atoms with Gasteiger partial charge >= 0.3 is 0 Å². The molecule has 1 amide bonds. The van der Waals surface area contributed by atoms with E-state index in [-0.39, 0.29) is 0 Å². The van der Waals surface area contributed by atoms with Gasteiger partial charge in [-0.2, -0.15) is 0 Å². The average molecular weight is 402 g/mol. The third-order valence-electron chi connectivity index (χ3n) is 5.46. The van der Waals surface area contributed by atoms with Gasteiger partial charge in [0, 0.05) is 53.2 Å². The molecule has 0 radical (unpaired) electrons. The number of rotatable bonds is 5. The highest BCUT2D eigenvalue weighted by molar-refractivity contribution is 5.93. The van der Waals surface area contributed by atoms with Crippen LogP contribution < -0.4 is 10.6 Å². The van der Waals surface area contributed by atoms with E-state index in [2.05, 4.69) is 46.5 Å². The Bertz CT molecular complexity index is 1060. The first-order valence-corrected chi connectivity index (χ1v) is 10.1. The zero-order chi connectivity index (χ0) is 21.1. The predicted octanol–water partition coefficient (Wildman–Crippen LogP) is 3.78. The second kappa shape index (κ2) is 8.55. The maximum Gasteiger partial charge on any atom is 0.248 e. The van der Waals surface area contributed by atoms with Crippen LogP contribution in [0, 0.1) is 13.8 Å². The number of aromatic nitrogens is 1. The van der Waals surface area contributed by atoms with E-state index in [4.69, 9.17) is 10.5 Å². The minimum absolute atomic E-state index is 0.421. The van der Waals surface area contributed by atoms with Crippen molar-refractivity contribution in [2.75, 3.05) is 31.2 Å². The number of carbonyl (C=O) groups excluding carboxylic acids is 1. The smallest absolute Gasteiger partial charge is 0.248 e. The number of anilines is 1. The van der Waals surface area contributed by atoms with Crippen molar-refractivity contribution in [1.29, 1.82) is 0 Å². The number of hydrogen-bond donors (Lipinski definition) is 1. The van der Waals surface area contributed by atoms with Crippen LogP contribution in [-0.2, 0) is 4.74 Å². The van der Waals surface area contributed by atoms with Crippen molar-refractivity contribution in [1.82, 2.24) is 4.57 Å². The number of morpholine rings is 1. The van der Waals surface area contributed by atoms with Gasteiger partial charge in [0.1, 0.15) is 0 Å². The lowest BCUT2D eigenvalue weighted by molar-refractivity contribution is 0.100. The molecule has 0 bridgehead atoms. The maximum absolute atomic E-state index is 11.3. The summed E-state index contributed by atoms with van der Waals surface area (Å²) >= 11 is 0. The zero-order valence-electron chi connectivity index (χ0n) is 17.3. The second-order valence-corrected chi connectivity index (χ2v) is 7.45. The van der Waals surface area contributed by atoms with Crippen LogP contribution in [0.25, 0.3) is 5.69 Å². The van der Waals surface area contributed by atoms with Gasteiger partial charge in [-0.05, 0) is 68.4 Å². The third-order valence-corrected chi connectivity index (χ3v) is 5.46. The van der Waals surface area contributed by atoms with Gasteiger partial charge in [0.2, 0.25) is 5.91 Å². The molecule has 6 nitrogen and oxygen atoms in total. The molecule has 1 aliphatic rings. The monoisotopic (exact) mass is 402 g/mol. The van der Waals surface area contributed by atoms with Crippen molar-refractivity contribution in [2.24, 2.45) is 10.7 Å². The summed E-state index contributed by atoms with van der Waals surface area (Å²) in [5, 5.41) is 0. The Kier molecular flexibility index (Phi) is 5.68. The van der Waals surface area contributed by atoms with E-state index in [1.165, 1.54) is 5.69 Å². The summed E-state index contributed by atoms with van der Waals surface area (Å²) in [6.07, 6.45) is 1.90.